The zero-order valence-corrected chi connectivity index (χ0v) is 9.08. The summed E-state index contributed by atoms with van der Waals surface area (Å²) in [5, 5.41) is 4.05. The SMILES string of the molecule is C=C(Br)/C=C\C(=C)c1cnn(C)c1. The minimum Gasteiger partial charge on any atom is -0.275 e. The molecule has 0 unspecified atom stereocenters. The summed E-state index contributed by atoms with van der Waals surface area (Å²) in [6.45, 7) is 7.60. The molecule has 0 aliphatic rings. The molecule has 68 valence electrons. The lowest BCUT2D eigenvalue weighted by Crippen LogP contribution is -1.84. The van der Waals surface area contributed by atoms with Crippen LogP contribution in [0.4, 0.5) is 0 Å². The van der Waals surface area contributed by atoms with Crippen LogP contribution in [0.3, 0.4) is 0 Å². The Morgan fingerprint density at radius 2 is 2.23 bits per heavy atom. The van der Waals surface area contributed by atoms with Crippen LogP contribution in [0.25, 0.3) is 5.57 Å². The van der Waals surface area contributed by atoms with Crippen molar-refractivity contribution in [1.82, 2.24) is 9.78 Å². The van der Waals surface area contributed by atoms with Gasteiger partial charge in [0.1, 0.15) is 0 Å². The van der Waals surface area contributed by atoms with Gasteiger partial charge in [-0.15, -0.1) is 0 Å². The minimum absolute atomic E-state index is 0.831. The van der Waals surface area contributed by atoms with Crippen molar-refractivity contribution in [2.45, 2.75) is 0 Å². The molecule has 2 nitrogen and oxygen atoms in total. The van der Waals surface area contributed by atoms with Gasteiger partial charge < -0.3 is 0 Å². The first-order valence-electron chi connectivity index (χ1n) is 3.80. The quantitative estimate of drug-likeness (QED) is 0.741. The molecule has 0 atom stereocenters. The molecule has 0 saturated carbocycles. The Bertz CT molecular complexity index is 361. The van der Waals surface area contributed by atoms with Crippen LogP contribution in [-0.4, -0.2) is 9.78 Å². The maximum absolute atomic E-state index is 4.05. The first-order chi connectivity index (χ1) is 6.09. The van der Waals surface area contributed by atoms with Crippen molar-refractivity contribution in [1.29, 1.82) is 0 Å². The van der Waals surface area contributed by atoms with E-state index in [0.717, 1.165) is 15.6 Å². The van der Waals surface area contributed by atoms with Crippen LogP contribution < -0.4 is 0 Å². The monoisotopic (exact) mass is 238 g/mol. The number of hydrogen-bond donors (Lipinski definition) is 0. The summed E-state index contributed by atoms with van der Waals surface area (Å²) in [5.41, 5.74) is 1.95. The second-order valence-corrected chi connectivity index (χ2v) is 3.73. The van der Waals surface area contributed by atoms with Gasteiger partial charge in [0.15, 0.2) is 0 Å². The predicted molar refractivity (Wildman–Crippen MR) is 59.4 cm³/mol. The van der Waals surface area contributed by atoms with E-state index in [2.05, 4.69) is 34.2 Å². The van der Waals surface area contributed by atoms with E-state index in [1.165, 1.54) is 0 Å². The summed E-state index contributed by atoms with van der Waals surface area (Å²) in [5.74, 6) is 0. The normalized spacial score (nSPS) is 10.6. The number of rotatable bonds is 3. The van der Waals surface area contributed by atoms with Gasteiger partial charge in [-0.05, 0) is 11.6 Å². The van der Waals surface area contributed by atoms with Crippen LogP contribution in [0.5, 0.6) is 0 Å². The van der Waals surface area contributed by atoms with E-state index >= 15 is 0 Å². The fraction of sp³-hybridized carbons (Fsp3) is 0.100. The van der Waals surface area contributed by atoms with E-state index in [0.29, 0.717) is 0 Å². The molecule has 0 aliphatic heterocycles. The lowest BCUT2D eigenvalue weighted by molar-refractivity contribution is 0.767. The molecule has 3 heteroatoms. The largest absolute Gasteiger partial charge is 0.275 e. The molecule has 0 fully saturated rings. The molecular weight excluding hydrogens is 228 g/mol. The van der Waals surface area contributed by atoms with Gasteiger partial charge in [-0.25, -0.2) is 0 Å². The minimum atomic E-state index is 0.831. The average molecular weight is 239 g/mol. The molecule has 0 aromatic carbocycles. The summed E-state index contributed by atoms with van der Waals surface area (Å²) < 4.78 is 2.58. The van der Waals surface area contributed by atoms with Gasteiger partial charge in [0.05, 0.1) is 6.20 Å². The molecule has 0 radical (unpaired) electrons. The third-order valence-corrected chi connectivity index (χ3v) is 1.81. The standard InChI is InChI=1S/C10H11BrN2/c1-8(4-5-9(2)11)10-6-12-13(3)7-10/h4-7H,1-2H2,3H3/b5-4-. The Morgan fingerprint density at radius 1 is 1.54 bits per heavy atom. The molecule has 1 rings (SSSR count). The highest BCUT2D eigenvalue weighted by atomic mass is 79.9. The molecule has 0 spiro atoms. The fourth-order valence-electron chi connectivity index (χ4n) is 0.874. The highest BCUT2D eigenvalue weighted by molar-refractivity contribution is 9.11. The van der Waals surface area contributed by atoms with Crippen LogP contribution >= 0.6 is 15.9 Å². The van der Waals surface area contributed by atoms with Crippen molar-refractivity contribution in [3.63, 3.8) is 0 Å². The number of aryl methyl sites for hydroxylation is 1. The Hall–Kier alpha value is -1.09. The van der Waals surface area contributed by atoms with Gasteiger partial charge in [0, 0.05) is 23.3 Å². The van der Waals surface area contributed by atoms with Crippen LogP contribution in [-0.2, 0) is 7.05 Å². The molecule has 0 bridgehead atoms. The van der Waals surface area contributed by atoms with Gasteiger partial charge in [0.2, 0.25) is 0 Å². The Morgan fingerprint density at radius 3 is 2.69 bits per heavy atom. The lowest BCUT2D eigenvalue weighted by Gasteiger charge is -1.92. The van der Waals surface area contributed by atoms with Crippen molar-refractivity contribution >= 4 is 21.5 Å². The first kappa shape index (κ1) is 9.99. The molecule has 0 amide bonds. The summed E-state index contributed by atoms with van der Waals surface area (Å²) in [4.78, 5) is 0. The molecule has 1 aromatic heterocycles. The molecule has 0 saturated heterocycles. The molecular formula is C10H11BrN2. The van der Waals surface area contributed by atoms with Gasteiger partial charge >= 0.3 is 0 Å². The van der Waals surface area contributed by atoms with E-state index in [4.69, 9.17) is 0 Å². The van der Waals surface area contributed by atoms with Crippen molar-refractivity contribution < 1.29 is 0 Å². The second kappa shape index (κ2) is 4.23. The van der Waals surface area contributed by atoms with Gasteiger partial charge in [-0.1, -0.05) is 35.2 Å². The van der Waals surface area contributed by atoms with Crippen LogP contribution in [0.1, 0.15) is 5.56 Å². The molecule has 1 aromatic rings. The zero-order valence-electron chi connectivity index (χ0n) is 7.50. The number of nitrogens with zero attached hydrogens (tertiary/aromatic N) is 2. The number of halogens is 1. The van der Waals surface area contributed by atoms with Crippen LogP contribution in [0.2, 0.25) is 0 Å². The Labute approximate surface area is 86.4 Å². The third-order valence-electron chi connectivity index (χ3n) is 1.54. The van der Waals surface area contributed by atoms with Gasteiger partial charge in [-0.3, -0.25) is 4.68 Å². The molecule has 0 aliphatic carbocycles. The maximum Gasteiger partial charge on any atom is 0.0567 e. The van der Waals surface area contributed by atoms with Crippen molar-refractivity contribution in [3.05, 3.63) is 47.7 Å². The smallest absolute Gasteiger partial charge is 0.0567 e. The van der Waals surface area contributed by atoms with E-state index in [9.17, 15) is 0 Å². The van der Waals surface area contributed by atoms with Crippen LogP contribution in [0, 0.1) is 0 Å². The van der Waals surface area contributed by atoms with Gasteiger partial charge in [0.25, 0.3) is 0 Å². The van der Waals surface area contributed by atoms with Crippen molar-refractivity contribution in [3.8, 4) is 0 Å². The summed E-state index contributed by atoms with van der Waals surface area (Å²) in [6, 6.07) is 0. The lowest BCUT2D eigenvalue weighted by atomic mass is 10.1. The molecule has 0 N–H and O–H groups in total. The van der Waals surface area contributed by atoms with Crippen molar-refractivity contribution in [2.75, 3.05) is 0 Å². The second-order valence-electron chi connectivity index (χ2n) is 2.71. The number of aromatic nitrogens is 2. The fourth-order valence-corrected chi connectivity index (χ4v) is 1.01. The van der Waals surface area contributed by atoms with Gasteiger partial charge in [-0.2, -0.15) is 5.10 Å². The topological polar surface area (TPSA) is 17.8 Å². The van der Waals surface area contributed by atoms with E-state index < -0.39 is 0 Å². The first-order valence-corrected chi connectivity index (χ1v) is 4.59. The summed E-state index contributed by atoms with van der Waals surface area (Å²) in [6.07, 6.45) is 7.46. The molecule has 1 heterocycles. The van der Waals surface area contributed by atoms with Crippen LogP contribution in [0.15, 0.2) is 42.2 Å². The highest BCUT2D eigenvalue weighted by Crippen LogP contribution is 2.14. The highest BCUT2D eigenvalue weighted by Gasteiger charge is 1.96. The Kier molecular flexibility index (Phi) is 3.25. The zero-order chi connectivity index (χ0) is 9.84. The average Bonchev–Trinajstić information content (AvgIpc) is 2.47. The van der Waals surface area contributed by atoms with E-state index in [1.807, 2.05) is 25.4 Å². The maximum atomic E-state index is 4.05. The number of hydrogen-bond acceptors (Lipinski definition) is 1. The summed E-state index contributed by atoms with van der Waals surface area (Å²) >= 11 is 3.24. The predicted octanol–water partition coefficient (Wildman–Crippen LogP) is 2.90. The number of allylic oxidation sites excluding steroid dienone is 4. The van der Waals surface area contributed by atoms with E-state index in [-0.39, 0.29) is 0 Å². The van der Waals surface area contributed by atoms with E-state index in [1.54, 1.807) is 10.9 Å². The summed E-state index contributed by atoms with van der Waals surface area (Å²) in [7, 11) is 1.88. The third kappa shape index (κ3) is 3.03. The van der Waals surface area contributed by atoms with Crippen molar-refractivity contribution in [2.24, 2.45) is 7.05 Å². The Balaban J connectivity index is 2.75. The molecule has 13 heavy (non-hydrogen) atoms.